The molecule has 1 aliphatic carbocycles. The third-order valence-corrected chi connectivity index (χ3v) is 5.94. The molecule has 1 amide bonds. The van der Waals surface area contributed by atoms with Gasteiger partial charge < -0.3 is 10.0 Å². The lowest BCUT2D eigenvalue weighted by molar-refractivity contribution is -0.136. The van der Waals surface area contributed by atoms with Gasteiger partial charge in [0, 0.05) is 10.9 Å². The molecule has 0 radical (unpaired) electrons. The van der Waals surface area contributed by atoms with Crippen molar-refractivity contribution >= 4 is 17.2 Å². The molecule has 21 heavy (non-hydrogen) atoms. The number of hydrogen-bond donors (Lipinski definition) is 2. The minimum atomic E-state index is -0.468. The maximum atomic E-state index is 13.0. The van der Waals surface area contributed by atoms with Gasteiger partial charge in [-0.3, -0.25) is 10.1 Å². The zero-order valence-electron chi connectivity index (χ0n) is 12.7. The van der Waals surface area contributed by atoms with Crippen molar-refractivity contribution in [2.75, 3.05) is 0 Å². The molecular weight excluding hydrogens is 284 g/mol. The van der Waals surface area contributed by atoms with Gasteiger partial charge in [-0.1, -0.05) is 13.0 Å². The summed E-state index contributed by atoms with van der Waals surface area (Å²) in [7, 11) is 0. The Morgan fingerprint density at radius 3 is 2.71 bits per heavy atom. The van der Waals surface area contributed by atoms with Gasteiger partial charge in [-0.2, -0.15) is 0 Å². The fourth-order valence-electron chi connectivity index (χ4n) is 3.46. The van der Waals surface area contributed by atoms with Crippen molar-refractivity contribution in [3.8, 4) is 0 Å². The minimum Gasteiger partial charge on any atom is -0.393 e. The van der Waals surface area contributed by atoms with Crippen LogP contribution in [0.1, 0.15) is 57.0 Å². The van der Waals surface area contributed by atoms with Gasteiger partial charge in [-0.05, 0) is 50.5 Å². The van der Waals surface area contributed by atoms with E-state index in [0.29, 0.717) is 0 Å². The van der Waals surface area contributed by atoms with Crippen molar-refractivity contribution in [3.63, 3.8) is 0 Å². The molecule has 0 spiro atoms. The van der Waals surface area contributed by atoms with E-state index in [0.717, 1.165) is 32.1 Å². The molecule has 2 heterocycles. The van der Waals surface area contributed by atoms with Crippen molar-refractivity contribution in [1.82, 2.24) is 10.2 Å². The summed E-state index contributed by atoms with van der Waals surface area (Å²) < 4.78 is 0. The van der Waals surface area contributed by atoms with E-state index in [-0.39, 0.29) is 24.2 Å². The van der Waals surface area contributed by atoms with Crippen LogP contribution in [0.25, 0.3) is 0 Å². The molecule has 0 aromatic carbocycles. The highest BCUT2D eigenvalue weighted by Gasteiger charge is 2.50. The second kappa shape index (κ2) is 5.71. The molecule has 1 aromatic rings. The Labute approximate surface area is 130 Å². The van der Waals surface area contributed by atoms with Crippen LogP contribution in [0, 0.1) is 0 Å². The van der Waals surface area contributed by atoms with Crippen molar-refractivity contribution in [1.29, 1.82) is 0 Å². The zero-order valence-corrected chi connectivity index (χ0v) is 13.5. The molecule has 3 rings (SSSR count). The quantitative estimate of drug-likeness (QED) is 0.902. The summed E-state index contributed by atoms with van der Waals surface area (Å²) in [6.07, 6.45) is 3.99. The Morgan fingerprint density at radius 2 is 2.14 bits per heavy atom. The number of nitrogens with zero attached hydrogens (tertiary/aromatic N) is 1. The van der Waals surface area contributed by atoms with E-state index in [4.69, 9.17) is 0 Å². The number of rotatable bonds is 3. The number of aliphatic hydroxyl groups is 1. The summed E-state index contributed by atoms with van der Waals surface area (Å²) in [6, 6.07) is 4.38. The SMILES string of the molecule is CCC1(C)NC(c2cccs2)N(C2CCC(O)CC2)C1=O. The van der Waals surface area contributed by atoms with E-state index in [1.54, 1.807) is 11.3 Å². The molecule has 2 fully saturated rings. The van der Waals surface area contributed by atoms with Crippen molar-refractivity contribution in [2.24, 2.45) is 0 Å². The van der Waals surface area contributed by atoms with Gasteiger partial charge in [0.1, 0.15) is 6.17 Å². The molecule has 4 nitrogen and oxygen atoms in total. The lowest BCUT2D eigenvalue weighted by Crippen LogP contribution is -2.46. The summed E-state index contributed by atoms with van der Waals surface area (Å²) >= 11 is 1.70. The Kier molecular flexibility index (Phi) is 4.08. The van der Waals surface area contributed by atoms with Gasteiger partial charge in [0.2, 0.25) is 5.91 Å². The fourth-order valence-corrected chi connectivity index (χ4v) is 4.23. The largest absolute Gasteiger partial charge is 0.393 e. The molecule has 2 aliphatic rings. The van der Waals surface area contributed by atoms with Gasteiger partial charge in [0.05, 0.1) is 11.6 Å². The number of aliphatic hydroxyl groups excluding tert-OH is 1. The molecule has 1 saturated heterocycles. The number of nitrogens with one attached hydrogen (secondary N) is 1. The first-order valence-electron chi connectivity index (χ1n) is 7.87. The van der Waals surface area contributed by atoms with Crippen LogP contribution in [0.3, 0.4) is 0 Å². The molecule has 2 unspecified atom stereocenters. The fraction of sp³-hybridized carbons (Fsp3) is 0.688. The summed E-state index contributed by atoms with van der Waals surface area (Å²) in [5, 5.41) is 15.3. The minimum absolute atomic E-state index is 0.0114. The van der Waals surface area contributed by atoms with E-state index in [1.165, 1.54) is 4.88 Å². The highest BCUT2D eigenvalue weighted by atomic mass is 32.1. The normalized spacial score (nSPS) is 37.2. The van der Waals surface area contributed by atoms with E-state index in [2.05, 4.69) is 28.6 Å². The highest BCUT2D eigenvalue weighted by Crippen LogP contribution is 2.39. The average Bonchev–Trinajstić information content (AvgIpc) is 3.09. The Hall–Kier alpha value is -0.910. The van der Waals surface area contributed by atoms with Crippen LogP contribution in [-0.2, 0) is 4.79 Å². The Morgan fingerprint density at radius 1 is 1.43 bits per heavy atom. The van der Waals surface area contributed by atoms with Crippen LogP contribution in [0.4, 0.5) is 0 Å². The van der Waals surface area contributed by atoms with Gasteiger partial charge in [0.15, 0.2) is 0 Å². The maximum Gasteiger partial charge on any atom is 0.244 e. The molecule has 0 bridgehead atoms. The number of hydrogen-bond acceptors (Lipinski definition) is 4. The van der Waals surface area contributed by atoms with Gasteiger partial charge in [0.25, 0.3) is 0 Å². The van der Waals surface area contributed by atoms with Crippen molar-refractivity contribution in [3.05, 3.63) is 22.4 Å². The molecule has 116 valence electrons. The van der Waals surface area contributed by atoms with Crippen molar-refractivity contribution in [2.45, 2.75) is 69.8 Å². The first-order chi connectivity index (χ1) is 10.0. The van der Waals surface area contributed by atoms with Crippen LogP contribution in [0.5, 0.6) is 0 Å². The van der Waals surface area contributed by atoms with Gasteiger partial charge >= 0.3 is 0 Å². The van der Waals surface area contributed by atoms with Crippen molar-refractivity contribution < 1.29 is 9.90 Å². The lowest BCUT2D eigenvalue weighted by Gasteiger charge is -2.36. The van der Waals surface area contributed by atoms with E-state index in [9.17, 15) is 9.90 Å². The van der Waals surface area contributed by atoms with Gasteiger partial charge in [-0.25, -0.2) is 0 Å². The Balaban J connectivity index is 1.88. The number of thiophene rings is 1. The molecule has 1 aliphatic heterocycles. The summed E-state index contributed by atoms with van der Waals surface area (Å²) in [6.45, 7) is 4.07. The van der Waals surface area contributed by atoms with E-state index in [1.807, 2.05) is 13.0 Å². The highest BCUT2D eigenvalue weighted by molar-refractivity contribution is 7.10. The van der Waals surface area contributed by atoms with Crippen LogP contribution in [0.15, 0.2) is 17.5 Å². The van der Waals surface area contributed by atoms with Crippen LogP contribution in [0.2, 0.25) is 0 Å². The molecule has 5 heteroatoms. The summed E-state index contributed by atoms with van der Waals surface area (Å²) in [4.78, 5) is 16.2. The lowest BCUT2D eigenvalue weighted by atomic mass is 9.91. The van der Waals surface area contributed by atoms with Gasteiger partial charge in [-0.15, -0.1) is 11.3 Å². The molecule has 1 saturated carbocycles. The van der Waals surface area contributed by atoms with Crippen LogP contribution < -0.4 is 5.32 Å². The maximum absolute atomic E-state index is 13.0. The second-order valence-corrected chi connectivity index (χ2v) is 7.40. The smallest absolute Gasteiger partial charge is 0.244 e. The van der Waals surface area contributed by atoms with Crippen LogP contribution >= 0.6 is 11.3 Å². The Bertz CT molecular complexity index is 496. The van der Waals surface area contributed by atoms with Crippen LogP contribution in [-0.4, -0.2) is 33.6 Å². The molecular formula is C16H24N2O2S. The van der Waals surface area contributed by atoms with E-state index >= 15 is 0 Å². The number of carbonyl (C=O) groups is 1. The second-order valence-electron chi connectivity index (χ2n) is 6.42. The number of carbonyl (C=O) groups excluding carboxylic acids is 1. The average molecular weight is 308 g/mol. The standard InChI is InChI=1S/C16H24N2O2S/c1-3-16(2)15(20)18(11-6-8-12(19)9-7-11)14(17-16)13-5-4-10-21-13/h4-5,10-12,14,17,19H,3,6-9H2,1-2H3. The zero-order chi connectivity index (χ0) is 15.0. The summed E-state index contributed by atoms with van der Waals surface area (Å²) in [5.74, 6) is 0.213. The molecule has 2 atom stereocenters. The summed E-state index contributed by atoms with van der Waals surface area (Å²) in [5.41, 5.74) is -0.468. The predicted molar refractivity (Wildman–Crippen MR) is 84.0 cm³/mol. The number of amides is 1. The predicted octanol–water partition coefficient (Wildman–Crippen LogP) is 2.65. The topological polar surface area (TPSA) is 52.6 Å². The van der Waals surface area contributed by atoms with E-state index < -0.39 is 5.54 Å². The molecule has 1 aromatic heterocycles. The third-order valence-electron chi connectivity index (χ3n) is 5.02. The first kappa shape index (κ1) is 15.0. The third kappa shape index (κ3) is 2.62. The molecule has 2 N–H and O–H groups in total. The first-order valence-corrected chi connectivity index (χ1v) is 8.75. The monoisotopic (exact) mass is 308 g/mol.